The molecule has 29 heavy (non-hydrogen) atoms. The molecule has 8 heteroatoms. The highest BCUT2D eigenvalue weighted by atomic mass is 16.7. The lowest BCUT2D eigenvalue weighted by Crippen LogP contribution is -2.69. The highest BCUT2D eigenvalue weighted by Gasteiger charge is 2.56. The van der Waals surface area contributed by atoms with Gasteiger partial charge in [0.1, 0.15) is 5.75 Å². The van der Waals surface area contributed by atoms with Crippen LogP contribution in [0.5, 0.6) is 5.75 Å². The van der Waals surface area contributed by atoms with E-state index >= 15 is 0 Å². The van der Waals surface area contributed by atoms with E-state index in [1.54, 1.807) is 7.11 Å². The maximum Gasteiger partial charge on any atom is 0.328 e. The van der Waals surface area contributed by atoms with E-state index in [9.17, 15) is 9.59 Å². The summed E-state index contributed by atoms with van der Waals surface area (Å²) in [6, 6.07) is 6.82. The minimum Gasteiger partial charge on any atom is -0.497 e. The van der Waals surface area contributed by atoms with Gasteiger partial charge in [0.15, 0.2) is 5.79 Å². The van der Waals surface area contributed by atoms with Crippen LogP contribution in [0.2, 0.25) is 0 Å². The topological polar surface area (TPSA) is 114 Å². The summed E-state index contributed by atoms with van der Waals surface area (Å²) in [6.45, 7) is 5.77. The van der Waals surface area contributed by atoms with Crippen LogP contribution in [0, 0.1) is 0 Å². The molecule has 1 aromatic rings. The third-order valence-electron chi connectivity index (χ3n) is 5.64. The molecule has 0 aromatic heterocycles. The number of carboxylic acid groups (broad SMARTS) is 2. The molecule has 3 atom stereocenters. The average Bonchev–Trinajstić information content (AvgIpc) is 2.66. The van der Waals surface area contributed by atoms with Gasteiger partial charge in [0.2, 0.25) is 0 Å². The lowest BCUT2D eigenvalue weighted by atomic mass is 9.62. The van der Waals surface area contributed by atoms with Gasteiger partial charge < -0.3 is 29.7 Å². The first-order valence-corrected chi connectivity index (χ1v) is 9.53. The summed E-state index contributed by atoms with van der Waals surface area (Å²) in [5.41, 5.74) is 2.73. The second-order valence-corrected chi connectivity index (χ2v) is 7.93. The van der Waals surface area contributed by atoms with Crippen LogP contribution in [-0.4, -0.2) is 60.3 Å². The van der Waals surface area contributed by atoms with Gasteiger partial charge in [-0.1, -0.05) is 6.07 Å². The molecule has 0 spiro atoms. The van der Waals surface area contributed by atoms with Gasteiger partial charge in [-0.15, -0.1) is 0 Å². The van der Waals surface area contributed by atoms with E-state index in [0.29, 0.717) is 18.2 Å². The number of hydrogen-bond acceptors (Lipinski definition) is 6. The average molecular weight is 405 g/mol. The van der Waals surface area contributed by atoms with Crippen LogP contribution >= 0.6 is 0 Å². The minimum absolute atomic E-state index is 0.0342. The number of rotatable bonds is 3. The first kappa shape index (κ1) is 21.3. The molecule has 8 nitrogen and oxygen atoms in total. The van der Waals surface area contributed by atoms with Crippen LogP contribution in [0.1, 0.15) is 31.4 Å². The number of nitrogens with one attached hydrogen (secondary N) is 1. The van der Waals surface area contributed by atoms with Gasteiger partial charge in [-0.2, -0.15) is 0 Å². The van der Waals surface area contributed by atoms with E-state index < -0.39 is 17.7 Å². The van der Waals surface area contributed by atoms with Gasteiger partial charge >= 0.3 is 11.9 Å². The van der Waals surface area contributed by atoms with Gasteiger partial charge in [-0.3, -0.25) is 0 Å². The van der Waals surface area contributed by atoms with E-state index in [1.165, 1.54) is 11.1 Å². The molecule has 3 N–H and O–H groups in total. The highest BCUT2D eigenvalue weighted by molar-refractivity contribution is 5.89. The molecule has 2 aliphatic heterocycles. The molecule has 3 aliphatic rings. The number of carbonyl (C=O) groups is 2. The fourth-order valence-electron chi connectivity index (χ4n) is 4.36. The Kier molecular flexibility index (Phi) is 5.97. The van der Waals surface area contributed by atoms with Gasteiger partial charge in [0, 0.05) is 23.6 Å². The van der Waals surface area contributed by atoms with Gasteiger partial charge in [0.25, 0.3) is 0 Å². The first-order valence-electron chi connectivity index (χ1n) is 9.53. The largest absolute Gasteiger partial charge is 0.497 e. The molecule has 4 rings (SSSR count). The molecule has 0 unspecified atom stereocenters. The predicted octanol–water partition coefficient (Wildman–Crippen LogP) is 1.71. The van der Waals surface area contributed by atoms with Crippen LogP contribution in [-0.2, 0) is 30.9 Å². The number of benzene rings is 1. The standard InChI is InChI=1S/C17H23NO3.C4H4O4/c1-16(2)20-10-17-6-7-18-14(15(17)21-16)8-11-4-5-12(19-3)9-13(11)17;5-3(6)1-2-4(7)8/h4-5,9,14-15,18H,6-8,10H2,1-3H3;1-2H,(H,5,6)(H,7,8)/b;2-1+/t14-,15+,17-;/m1./s1. The Balaban J connectivity index is 0.000000258. The fraction of sp³-hybridized carbons (Fsp3) is 0.524. The monoisotopic (exact) mass is 405 g/mol. The molecule has 2 fully saturated rings. The number of aliphatic carboxylic acids is 2. The SMILES string of the molecule is COc1ccc2c(c1)[C@]13CCN[C@H](C2)[C@@H]1OC(C)(C)OC3.O=C(O)/C=C/C(=O)O. The van der Waals surface area contributed by atoms with Gasteiger partial charge in [0.05, 0.1) is 19.8 Å². The van der Waals surface area contributed by atoms with Crippen molar-refractivity contribution in [3.8, 4) is 5.75 Å². The summed E-state index contributed by atoms with van der Waals surface area (Å²) in [5, 5.41) is 19.3. The summed E-state index contributed by atoms with van der Waals surface area (Å²) in [6.07, 6.45) is 3.35. The lowest BCUT2D eigenvalue weighted by Gasteiger charge is -2.57. The molecule has 158 valence electrons. The molecule has 0 saturated carbocycles. The van der Waals surface area contributed by atoms with Crippen molar-refractivity contribution >= 4 is 11.9 Å². The van der Waals surface area contributed by atoms with Crippen LogP contribution < -0.4 is 10.1 Å². The number of hydrogen-bond donors (Lipinski definition) is 3. The highest BCUT2D eigenvalue weighted by Crippen LogP contribution is 2.49. The van der Waals surface area contributed by atoms with Crippen molar-refractivity contribution in [2.24, 2.45) is 0 Å². The third kappa shape index (κ3) is 4.44. The van der Waals surface area contributed by atoms with Crippen LogP contribution in [0.4, 0.5) is 0 Å². The number of ether oxygens (including phenoxy) is 3. The summed E-state index contributed by atoms with van der Waals surface area (Å²) in [5.74, 6) is -2.09. The minimum atomic E-state index is -1.26. The van der Waals surface area contributed by atoms with E-state index in [4.69, 9.17) is 24.4 Å². The van der Waals surface area contributed by atoms with Crippen molar-refractivity contribution in [3.05, 3.63) is 41.5 Å². The zero-order valence-electron chi connectivity index (χ0n) is 16.8. The maximum atomic E-state index is 9.55. The van der Waals surface area contributed by atoms with Crippen molar-refractivity contribution in [1.29, 1.82) is 0 Å². The number of fused-ring (bicyclic) bond motifs is 1. The van der Waals surface area contributed by atoms with Crippen LogP contribution in [0.15, 0.2) is 30.4 Å². The number of piperidine rings is 1. The Labute approximate surface area is 169 Å². The van der Waals surface area contributed by atoms with E-state index in [1.807, 2.05) is 13.8 Å². The van der Waals surface area contributed by atoms with Crippen molar-refractivity contribution in [2.75, 3.05) is 20.3 Å². The fourth-order valence-corrected chi connectivity index (χ4v) is 4.36. The molecule has 0 radical (unpaired) electrons. The number of methoxy groups -OCH3 is 1. The molecule has 1 aromatic carbocycles. The molecule has 2 bridgehead atoms. The zero-order valence-corrected chi connectivity index (χ0v) is 16.8. The first-order chi connectivity index (χ1) is 13.7. The summed E-state index contributed by atoms with van der Waals surface area (Å²) in [4.78, 5) is 19.1. The maximum absolute atomic E-state index is 9.55. The smallest absolute Gasteiger partial charge is 0.328 e. The van der Waals surface area contributed by atoms with Gasteiger partial charge in [-0.25, -0.2) is 9.59 Å². The summed E-state index contributed by atoms with van der Waals surface area (Å²) in [7, 11) is 1.72. The van der Waals surface area contributed by atoms with Crippen LogP contribution in [0.3, 0.4) is 0 Å². The molecular formula is C21H27NO7. The molecule has 0 amide bonds. The summed E-state index contributed by atoms with van der Waals surface area (Å²) < 4.78 is 17.8. The quantitative estimate of drug-likeness (QED) is 0.652. The second kappa shape index (κ2) is 8.14. The Morgan fingerprint density at radius 3 is 2.55 bits per heavy atom. The zero-order chi connectivity index (χ0) is 21.2. The molecule has 2 saturated heterocycles. The predicted molar refractivity (Wildman–Crippen MR) is 104 cm³/mol. The molecule has 1 aliphatic carbocycles. The Bertz CT molecular complexity index is 803. The summed E-state index contributed by atoms with van der Waals surface area (Å²) >= 11 is 0. The second-order valence-electron chi connectivity index (χ2n) is 7.93. The molecule has 2 heterocycles. The van der Waals surface area contributed by atoms with E-state index in [-0.39, 0.29) is 11.5 Å². The molecular weight excluding hydrogens is 378 g/mol. The van der Waals surface area contributed by atoms with E-state index in [0.717, 1.165) is 31.7 Å². The van der Waals surface area contributed by atoms with Crippen molar-refractivity contribution in [3.63, 3.8) is 0 Å². The van der Waals surface area contributed by atoms with Crippen molar-refractivity contribution in [1.82, 2.24) is 5.32 Å². The Hall–Kier alpha value is -2.42. The van der Waals surface area contributed by atoms with Gasteiger partial charge in [-0.05, 0) is 56.5 Å². The lowest BCUT2D eigenvalue weighted by molar-refractivity contribution is -0.313. The van der Waals surface area contributed by atoms with Crippen molar-refractivity contribution in [2.45, 2.75) is 50.0 Å². The number of carboxylic acids is 2. The van der Waals surface area contributed by atoms with E-state index in [2.05, 4.69) is 23.5 Å². The Morgan fingerprint density at radius 1 is 1.24 bits per heavy atom. The van der Waals surface area contributed by atoms with Crippen molar-refractivity contribution < 1.29 is 34.0 Å². The Morgan fingerprint density at radius 2 is 1.93 bits per heavy atom. The third-order valence-corrected chi connectivity index (χ3v) is 5.64. The normalized spacial score (nSPS) is 29.1. The van der Waals surface area contributed by atoms with Crippen LogP contribution in [0.25, 0.3) is 0 Å².